The Labute approximate surface area is 197 Å². The highest BCUT2D eigenvalue weighted by molar-refractivity contribution is 5.88. The molecule has 0 saturated heterocycles. The predicted molar refractivity (Wildman–Crippen MR) is 133 cm³/mol. The summed E-state index contributed by atoms with van der Waals surface area (Å²) in [7, 11) is 0. The third-order valence-corrected chi connectivity index (χ3v) is 6.82. The molecular weight excluding hydrogens is 423 g/mol. The standard InChI is InChI=1S/C31H23FO2/c32-23-16-18-27-25(19-23)28(21-10-3-1-4-11-21)29(22-12-5-2-6-13-22)31(34-27)30-24-14-8-7-9-20(24)15-17-26(30)33/h1-19,28-29,31,33H/t28-,29-,31-/m1/s1. The number of phenolic OH excluding ortho intramolecular Hbond substituents is 1. The average Bonchev–Trinajstić information content (AvgIpc) is 2.89. The smallest absolute Gasteiger partial charge is 0.136 e. The fourth-order valence-corrected chi connectivity index (χ4v) is 5.36. The third-order valence-electron chi connectivity index (χ3n) is 6.82. The molecule has 3 heteroatoms. The van der Waals surface area contributed by atoms with Gasteiger partial charge in [-0.25, -0.2) is 4.39 Å². The first kappa shape index (κ1) is 20.5. The normalized spacial score (nSPS) is 19.4. The van der Waals surface area contributed by atoms with Crippen LogP contribution in [0.5, 0.6) is 11.5 Å². The van der Waals surface area contributed by atoms with Crippen LogP contribution < -0.4 is 4.74 Å². The van der Waals surface area contributed by atoms with Gasteiger partial charge in [-0.15, -0.1) is 0 Å². The number of benzene rings is 5. The summed E-state index contributed by atoms with van der Waals surface area (Å²) in [5.41, 5.74) is 3.72. The maximum Gasteiger partial charge on any atom is 0.136 e. The van der Waals surface area contributed by atoms with Gasteiger partial charge >= 0.3 is 0 Å². The van der Waals surface area contributed by atoms with E-state index in [4.69, 9.17) is 4.74 Å². The molecule has 0 radical (unpaired) electrons. The summed E-state index contributed by atoms with van der Waals surface area (Å²) in [4.78, 5) is 0. The van der Waals surface area contributed by atoms with Crippen molar-refractivity contribution in [3.05, 3.63) is 143 Å². The molecule has 1 N–H and O–H groups in total. The second kappa shape index (κ2) is 8.35. The Morgan fingerprint density at radius 2 is 1.35 bits per heavy atom. The number of halogens is 1. The molecule has 6 rings (SSSR count). The van der Waals surface area contributed by atoms with Crippen molar-refractivity contribution in [1.29, 1.82) is 0 Å². The number of hydrogen-bond acceptors (Lipinski definition) is 2. The van der Waals surface area contributed by atoms with Crippen LogP contribution in [-0.2, 0) is 0 Å². The van der Waals surface area contributed by atoms with Gasteiger partial charge < -0.3 is 9.84 Å². The van der Waals surface area contributed by atoms with Gasteiger partial charge in [0.05, 0.1) is 0 Å². The van der Waals surface area contributed by atoms with Gasteiger partial charge in [-0.3, -0.25) is 0 Å². The van der Waals surface area contributed by atoms with Gasteiger partial charge in [0.1, 0.15) is 23.4 Å². The number of fused-ring (bicyclic) bond motifs is 2. The van der Waals surface area contributed by atoms with Gasteiger partial charge in [-0.1, -0.05) is 91.0 Å². The number of ether oxygens (including phenoxy) is 1. The molecule has 0 aromatic heterocycles. The van der Waals surface area contributed by atoms with E-state index in [2.05, 4.69) is 24.3 Å². The van der Waals surface area contributed by atoms with Crippen LogP contribution in [-0.4, -0.2) is 5.11 Å². The fourth-order valence-electron chi connectivity index (χ4n) is 5.36. The van der Waals surface area contributed by atoms with E-state index < -0.39 is 6.10 Å². The highest BCUT2D eigenvalue weighted by Crippen LogP contribution is 2.55. The van der Waals surface area contributed by atoms with Gasteiger partial charge in [0.25, 0.3) is 0 Å². The average molecular weight is 447 g/mol. The zero-order valence-electron chi connectivity index (χ0n) is 18.4. The molecule has 0 saturated carbocycles. The van der Waals surface area contributed by atoms with Crippen LogP contribution in [0.2, 0.25) is 0 Å². The maximum atomic E-state index is 14.5. The zero-order valence-corrected chi connectivity index (χ0v) is 18.4. The first-order chi connectivity index (χ1) is 16.7. The molecule has 5 aromatic carbocycles. The topological polar surface area (TPSA) is 29.5 Å². The van der Waals surface area contributed by atoms with Crippen LogP contribution in [0, 0.1) is 5.82 Å². The van der Waals surface area contributed by atoms with Gasteiger partial charge in [0.2, 0.25) is 0 Å². The van der Waals surface area contributed by atoms with Gasteiger partial charge in [-0.05, 0) is 46.2 Å². The molecule has 0 aliphatic carbocycles. The van der Waals surface area contributed by atoms with Crippen LogP contribution in [0.15, 0.2) is 115 Å². The van der Waals surface area contributed by atoms with Crippen LogP contribution in [0.3, 0.4) is 0 Å². The predicted octanol–water partition coefficient (Wildman–Crippen LogP) is 7.73. The molecule has 0 bridgehead atoms. The van der Waals surface area contributed by atoms with Crippen molar-refractivity contribution in [3.63, 3.8) is 0 Å². The number of hydrogen-bond donors (Lipinski definition) is 1. The number of rotatable bonds is 3. The first-order valence-corrected chi connectivity index (χ1v) is 11.5. The molecule has 2 nitrogen and oxygen atoms in total. The minimum atomic E-state index is -0.475. The first-order valence-electron chi connectivity index (χ1n) is 11.5. The highest BCUT2D eigenvalue weighted by Gasteiger charge is 2.42. The van der Waals surface area contributed by atoms with E-state index in [1.165, 1.54) is 6.07 Å². The lowest BCUT2D eigenvalue weighted by Gasteiger charge is -2.41. The molecule has 34 heavy (non-hydrogen) atoms. The lowest BCUT2D eigenvalue weighted by atomic mass is 9.70. The Kier molecular flexibility index (Phi) is 5.03. The van der Waals surface area contributed by atoms with Crippen molar-refractivity contribution >= 4 is 10.8 Å². The summed E-state index contributed by atoms with van der Waals surface area (Å²) >= 11 is 0. The monoisotopic (exact) mass is 446 g/mol. The van der Waals surface area contributed by atoms with Crippen LogP contribution in [0.1, 0.15) is 40.2 Å². The Bertz CT molecular complexity index is 1460. The van der Waals surface area contributed by atoms with Crippen molar-refractivity contribution in [2.75, 3.05) is 0 Å². The maximum absolute atomic E-state index is 14.5. The van der Waals surface area contributed by atoms with Crippen molar-refractivity contribution in [2.24, 2.45) is 0 Å². The summed E-state index contributed by atoms with van der Waals surface area (Å²) in [5, 5.41) is 13.1. The van der Waals surface area contributed by atoms with Crippen molar-refractivity contribution in [3.8, 4) is 11.5 Å². The molecule has 166 valence electrons. The van der Waals surface area contributed by atoms with E-state index >= 15 is 0 Å². The SMILES string of the molecule is Oc1ccc2ccccc2c1[C@@H]1Oc2ccc(F)cc2[C@@H](c2ccccc2)[C@H]1c1ccccc1. The van der Waals surface area contributed by atoms with Crippen LogP contribution >= 0.6 is 0 Å². The Morgan fingerprint density at radius 1 is 0.676 bits per heavy atom. The number of aromatic hydroxyl groups is 1. The van der Waals surface area contributed by atoms with E-state index in [0.29, 0.717) is 5.75 Å². The minimum absolute atomic E-state index is 0.161. The Balaban J connectivity index is 1.67. The molecule has 1 heterocycles. The lowest BCUT2D eigenvalue weighted by molar-refractivity contribution is 0.139. The summed E-state index contributed by atoms with van der Waals surface area (Å²) in [5.74, 6) is 0.198. The van der Waals surface area contributed by atoms with E-state index in [1.807, 2.05) is 66.7 Å². The molecule has 5 aromatic rings. The van der Waals surface area contributed by atoms with Crippen LogP contribution in [0.25, 0.3) is 10.8 Å². The van der Waals surface area contributed by atoms with Gasteiger partial charge in [0, 0.05) is 23.0 Å². The molecule has 1 aliphatic heterocycles. The summed E-state index contributed by atoms with van der Waals surface area (Å²) < 4.78 is 21.2. The second-order valence-electron chi connectivity index (χ2n) is 8.76. The summed E-state index contributed by atoms with van der Waals surface area (Å²) in [6, 6.07) is 36.8. The quantitative estimate of drug-likeness (QED) is 0.307. The summed E-state index contributed by atoms with van der Waals surface area (Å²) in [6.07, 6.45) is -0.475. The second-order valence-corrected chi connectivity index (χ2v) is 8.76. The van der Waals surface area contributed by atoms with Crippen molar-refractivity contribution in [1.82, 2.24) is 0 Å². The van der Waals surface area contributed by atoms with Crippen molar-refractivity contribution < 1.29 is 14.2 Å². The molecule has 1 aliphatic rings. The molecule has 0 spiro atoms. The fraction of sp³-hybridized carbons (Fsp3) is 0.0968. The molecule has 0 unspecified atom stereocenters. The Hall–Kier alpha value is -4.11. The molecule has 0 fully saturated rings. The van der Waals surface area contributed by atoms with E-state index in [-0.39, 0.29) is 23.4 Å². The van der Waals surface area contributed by atoms with Crippen LogP contribution in [0.4, 0.5) is 4.39 Å². The Morgan fingerprint density at radius 3 is 2.12 bits per heavy atom. The molecule has 3 atom stereocenters. The molecule has 0 amide bonds. The zero-order chi connectivity index (χ0) is 23.1. The van der Waals surface area contributed by atoms with E-state index in [1.54, 1.807) is 18.2 Å². The third kappa shape index (κ3) is 3.41. The van der Waals surface area contributed by atoms with Crippen molar-refractivity contribution in [2.45, 2.75) is 17.9 Å². The van der Waals surface area contributed by atoms with Gasteiger partial charge in [0.15, 0.2) is 0 Å². The van der Waals surface area contributed by atoms with E-state index in [9.17, 15) is 9.50 Å². The highest BCUT2D eigenvalue weighted by atomic mass is 19.1. The number of phenols is 1. The lowest BCUT2D eigenvalue weighted by Crippen LogP contribution is -2.29. The van der Waals surface area contributed by atoms with E-state index in [0.717, 1.165) is 33.0 Å². The van der Waals surface area contributed by atoms with Gasteiger partial charge in [-0.2, -0.15) is 0 Å². The minimum Gasteiger partial charge on any atom is -0.508 e. The summed E-state index contributed by atoms with van der Waals surface area (Å²) in [6.45, 7) is 0. The molecular formula is C31H23FO2. The largest absolute Gasteiger partial charge is 0.508 e.